The van der Waals surface area contributed by atoms with Crippen molar-refractivity contribution in [2.45, 2.75) is 25.4 Å². The second-order valence-corrected chi connectivity index (χ2v) is 4.43. The predicted molar refractivity (Wildman–Crippen MR) is 66.9 cm³/mol. The average Bonchev–Trinajstić information content (AvgIpc) is 2.43. The topological polar surface area (TPSA) is 73.9 Å². The number of aryl methyl sites for hydroxylation is 1. The standard InChI is InChI=1S/C13H13FN4O/c14-9-7-17-13(18-12(9)15)19-10-5-1-3-8-4-2-6-16-11(8)10/h2,4,6-7,10H,1,3,5H2,(H2,15,17,18). The van der Waals surface area contributed by atoms with Crippen molar-refractivity contribution in [3.8, 4) is 6.01 Å². The predicted octanol–water partition coefficient (Wildman–Crippen LogP) is 2.05. The first kappa shape index (κ1) is 11.8. The van der Waals surface area contributed by atoms with E-state index in [4.69, 9.17) is 10.5 Å². The van der Waals surface area contributed by atoms with Crippen LogP contribution in [0.3, 0.4) is 0 Å². The van der Waals surface area contributed by atoms with E-state index in [-0.39, 0.29) is 17.9 Å². The summed E-state index contributed by atoms with van der Waals surface area (Å²) in [6, 6.07) is 4.04. The van der Waals surface area contributed by atoms with Crippen LogP contribution in [-0.4, -0.2) is 15.0 Å². The monoisotopic (exact) mass is 260 g/mol. The number of nitrogens with two attached hydrogens (primary N) is 1. The summed E-state index contributed by atoms with van der Waals surface area (Å²) in [5, 5.41) is 0. The van der Waals surface area contributed by atoms with Crippen LogP contribution in [0, 0.1) is 5.82 Å². The van der Waals surface area contributed by atoms with E-state index in [0.717, 1.165) is 31.2 Å². The first-order valence-electron chi connectivity index (χ1n) is 6.12. The molecule has 3 rings (SSSR count). The normalized spacial score (nSPS) is 17.8. The highest BCUT2D eigenvalue weighted by molar-refractivity contribution is 5.30. The molecule has 0 saturated heterocycles. The Morgan fingerprint density at radius 2 is 2.26 bits per heavy atom. The molecule has 5 nitrogen and oxygen atoms in total. The van der Waals surface area contributed by atoms with Crippen LogP contribution in [0.15, 0.2) is 24.5 Å². The maximum absolute atomic E-state index is 13.0. The maximum atomic E-state index is 13.0. The summed E-state index contributed by atoms with van der Waals surface area (Å²) in [6.45, 7) is 0. The minimum Gasteiger partial charge on any atom is -0.454 e. The van der Waals surface area contributed by atoms with E-state index in [9.17, 15) is 4.39 Å². The van der Waals surface area contributed by atoms with Gasteiger partial charge in [-0.15, -0.1) is 0 Å². The van der Waals surface area contributed by atoms with Crippen LogP contribution in [0.1, 0.15) is 30.2 Å². The number of fused-ring (bicyclic) bond motifs is 1. The Hall–Kier alpha value is -2.24. The summed E-state index contributed by atoms with van der Waals surface area (Å²) in [4.78, 5) is 11.9. The van der Waals surface area contributed by atoms with E-state index in [1.54, 1.807) is 6.20 Å². The number of pyridine rings is 1. The highest BCUT2D eigenvalue weighted by atomic mass is 19.1. The van der Waals surface area contributed by atoms with Crippen molar-refractivity contribution in [1.29, 1.82) is 0 Å². The zero-order valence-electron chi connectivity index (χ0n) is 10.2. The molecule has 6 heteroatoms. The summed E-state index contributed by atoms with van der Waals surface area (Å²) >= 11 is 0. The number of hydrogen-bond acceptors (Lipinski definition) is 5. The lowest BCUT2D eigenvalue weighted by molar-refractivity contribution is 0.162. The van der Waals surface area contributed by atoms with Crippen LogP contribution in [0.25, 0.3) is 0 Å². The molecule has 1 atom stereocenters. The number of nitrogens with zero attached hydrogens (tertiary/aromatic N) is 3. The second-order valence-electron chi connectivity index (χ2n) is 4.43. The highest BCUT2D eigenvalue weighted by Crippen LogP contribution is 2.31. The Morgan fingerprint density at radius 1 is 1.37 bits per heavy atom. The zero-order chi connectivity index (χ0) is 13.2. The fraction of sp³-hybridized carbons (Fsp3) is 0.308. The van der Waals surface area contributed by atoms with Crippen LogP contribution < -0.4 is 10.5 Å². The van der Waals surface area contributed by atoms with Crippen molar-refractivity contribution < 1.29 is 9.13 Å². The number of anilines is 1. The molecule has 1 unspecified atom stereocenters. The van der Waals surface area contributed by atoms with Gasteiger partial charge >= 0.3 is 6.01 Å². The molecule has 2 N–H and O–H groups in total. The summed E-state index contributed by atoms with van der Waals surface area (Å²) in [5.74, 6) is -0.850. The highest BCUT2D eigenvalue weighted by Gasteiger charge is 2.23. The Balaban J connectivity index is 1.86. The molecular formula is C13H13FN4O. The van der Waals surface area contributed by atoms with Gasteiger partial charge in [0.15, 0.2) is 11.6 Å². The van der Waals surface area contributed by atoms with E-state index < -0.39 is 5.82 Å². The molecule has 1 aliphatic carbocycles. The van der Waals surface area contributed by atoms with Gasteiger partial charge in [-0.05, 0) is 30.9 Å². The lowest BCUT2D eigenvalue weighted by atomic mass is 9.94. The lowest BCUT2D eigenvalue weighted by Crippen LogP contribution is -2.18. The number of ether oxygens (including phenoxy) is 1. The largest absolute Gasteiger partial charge is 0.454 e. The Kier molecular flexibility index (Phi) is 2.98. The number of nitrogen functional groups attached to an aromatic ring is 1. The summed E-state index contributed by atoms with van der Waals surface area (Å²) in [5.41, 5.74) is 7.48. The maximum Gasteiger partial charge on any atom is 0.319 e. The molecule has 19 heavy (non-hydrogen) atoms. The van der Waals surface area contributed by atoms with E-state index in [2.05, 4.69) is 15.0 Å². The van der Waals surface area contributed by atoms with Crippen molar-refractivity contribution in [2.75, 3.05) is 5.73 Å². The van der Waals surface area contributed by atoms with E-state index in [0.29, 0.717) is 0 Å². The molecule has 0 amide bonds. The molecular weight excluding hydrogens is 247 g/mol. The lowest BCUT2D eigenvalue weighted by Gasteiger charge is -2.24. The van der Waals surface area contributed by atoms with Crippen molar-refractivity contribution in [2.24, 2.45) is 0 Å². The minimum atomic E-state index is -0.644. The molecule has 0 aliphatic heterocycles. The van der Waals surface area contributed by atoms with Gasteiger partial charge in [0, 0.05) is 6.20 Å². The molecule has 98 valence electrons. The van der Waals surface area contributed by atoms with Crippen molar-refractivity contribution in [3.63, 3.8) is 0 Å². The van der Waals surface area contributed by atoms with Gasteiger partial charge in [0.25, 0.3) is 0 Å². The Labute approximate surface area is 109 Å². The SMILES string of the molecule is Nc1nc(OC2CCCc3cccnc32)ncc1F. The molecule has 0 aromatic carbocycles. The van der Waals surface area contributed by atoms with Gasteiger partial charge in [0.05, 0.1) is 11.9 Å². The first-order chi connectivity index (χ1) is 9.24. The van der Waals surface area contributed by atoms with Gasteiger partial charge < -0.3 is 10.5 Å². The number of aromatic nitrogens is 3. The molecule has 2 heterocycles. The number of hydrogen-bond donors (Lipinski definition) is 1. The first-order valence-corrected chi connectivity index (χ1v) is 6.12. The molecule has 0 fully saturated rings. The molecule has 0 spiro atoms. The molecule has 2 aromatic heterocycles. The summed E-state index contributed by atoms with van der Waals surface area (Å²) < 4.78 is 18.7. The molecule has 0 saturated carbocycles. The van der Waals surface area contributed by atoms with Gasteiger partial charge in [-0.3, -0.25) is 4.98 Å². The van der Waals surface area contributed by atoms with Crippen LogP contribution in [0.5, 0.6) is 6.01 Å². The van der Waals surface area contributed by atoms with Gasteiger partial charge in [0.2, 0.25) is 0 Å². The van der Waals surface area contributed by atoms with Crippen molar-refractivity contribution in [3.05, 3.63) is 41.6 Å². The molecule has 2 aromatic rings. The molecule has 0 radical (unpaired) electrons. The van der Waals surface area contributed by atoms with Crippen LogP contribution in [-0.2, 0) is 6.42 Å². The van der Waals surface area contributed by atoms with Crippen LogP contribution in [0.4, 0.5) is 10.2 Å². The third-order valence-electron chi connectivity index (χ3n) is 3.14. The zero-order valence-corrected chi connectivity index (χ0v) is 10.2. The van der Waals surface area contributed by atoms with Gasteiger partial charge in [-0.25, -0.2) is 9.37 Å². The average molecular weight is 260 g/mol. The third-order valence-corrected chi connectivity index (χ3v) is 3.14. The van der Waals surface area contributed by atoms with Crippen molar-refractivity contribution >= 4 is 5.82 Å². The Bertz CT molecular complexity index is 605. The summed E-state index contributed by atoms with van der Waals surface area (Å²) in [7, 11) is 0. The van der Waals surface area contributed by atoms with Crippen molar-refractivity contribution in [1.82, 2.24) is 15.0 Å². The van der Waals surface area contributed by atoms with Gasteiger partial charge in [-0.2, -0.15) is 4.98 Å². The number of halogens is 1. The minimum absolute atomic E-state index is 0.0856. The van der Waals surface area contributed by atoms with Gasteiger partial charge in [0.1, 0.15) is 6.10 Å². The Morgan fingerprint density at radius 3 is 3.11 bits per heavy atom. The molecule has 1 aliphatic rings. The fourth-order valence-electron chi connectivity index (χ4n) is 2.23. The van der Waals surface area contributed by atoms with E-state index in [1.165, 1.54) is 5.56 Å². The molecule has 0 bridgehead atoms. The van der Waals surface area contributed by atoms with E-state index >= 15 is 0 Å². The smallest absolute Gasteiger partial charge is 0.319 e. The second kappa shape index (κ2) is 4.79. The quantitative estimate of drug-likeness (QED) is 0.894. The van der Waals surface area contributed by atoms with Crippen LogP contribution >= 0.6 is 0 Å². The van der Waals surface area contributed by atoms with E-state index in [1.807, 2.05) is 12.1 Å². The summed E-state index contributed by atoms with van der Waals surface area (Å²) in [6.07, 6.45) is 5.40. The fourth-order valence-corrected chi connectivity index (χ4v) is 2.23. The number of rotatable bonds is 2. The van der Waals surface area contributed by atoms with Crippen LogP contribution in [0.2, 0.25) is 0 Å². The third kappa shape index (κ3) is 2.33. The van der Waals surface area contributed by atoms with Gasteiger partial charge in [-0.1, -0.05) is 6.07 Å².